The first-order chi connectivity index (χ1) is 8.82. The Labute approximate surface area is 124 Å². The molecule has 0 saturated carbocycles. The van der Waals surface area contributed by atoms with Gasteiger partial charge in [0.05, 0.1) is 0 Å². The summed E-state index contributed by atoms with van der Waals surface area (Å²) >= 11 is 3.39. The van der Waals surface area contributed by atoms with E-state index in [9.17, 15) is 4.79 Å². The fourth-order valence-corrected chi connectivity index (χ4v) is 2.49. The second kappa shape index (κ2) is 6.94. The smallest absolute Gasteiger partial charge is 0.263 e. The predicted octanol–water partition coefficient (Wildman–Crippen LogP) is 3.86. The topological polar surface area (TPSA) is 29.5 Å². The number of carbonyl (C=O) groups excluding carboxylic acids is 1. The van der Waals surface area contributed by atoms with Gasteiger partial charge in [-0.05, 0) is 52.8 Å². The van der Waals surface area contributed by atoms with Gasteiger partial charge in [0.1, 0.15) is 5.75 Å². The van der Waals surface area contributed by atoms with E-state index in [0.717, 1.165) is 4.47 Å². The maximum Gasteiger partial charge on any atom is 0.263 e. The highest BCUT2D eigenvalue weighted by molar-refractivity contribution is 9.10. The highest BCUT2D eigenvalue weighted by Gasteiger charge is 2.26. The molecule has 1 unspecified atom stereocenters. The monoisotopic (exact) mass is 327 g/mol. The molecule has 0 fully saturated rings. The highest BCUT2D eigenvalue weighted by Crippen LogP contribution is 2.20. The van der Waals surface area contributed by atoms with Crippen LogP contribution in [0.25, 0.3) is 0 Å². The molecular weight excluding hydrogens is 306 g/mol. The number of nitrogens with zero attached hydrogens (tertiary/aromatic N) is 1. The minimum absolute atomic E-state index is 0.0185. The fourth-order valence-electron chi connectivity index (χ4n) is 2.11. The number of amides is 1. The second-order valence-electron chi connectivity index (χ2n) is 5.15. The molecule has 1 aromatic rings. The third-order valence-electron chi connectivity index (χ3n) is 2.82. The summed E-state index contributed by atoms with van der Waals surface area (Å²) in [5.74, 6) is 0.715. The van der Waals surface area contributed by atoms with E-state index in [2.05, 4.69) is 15.9 Å². The molecule has 0 heterocycles. The van der Waals surface area contributed by atoms with Crippen molar-refractivity contribution in [3.05, 3.63) is 28.7 Å². The number of carbonyl (C=O) groups is 1. The first-order valence-electron chi connectivity index (χ1n) is 6.57. The van der Waals surface area contributed by atoms with Gasteiger partial charge in [0, 0.05) is 16.6 Å². The molecule has 0 spiro atoms. The fraction of sp³-hybridized carbons (Fsp3) is 0.533. The molecule has 0 aliphatic carbocycles. The predicted molar refractivity (Wildman–Crippen MR) is 81.4 cm³/mol. The Kier molecular flexibility index (Phi) is 5.85. The van der Waals surface area contributed by atoms with Crippen LogP contribution in [-0.4, -0.2) is 29.0 Å². The van der Waals surface area contributed by atoms with Crippen LogP contribution >= 0.6 is 15.9 Å². The number of hydrogen-bond donors (Lipinski definition) is 0. The van der Waals surface area contributed by atoms with Crippen molar-refractivity contribution in [2.45, 2.75) is 52.8 Å². The lowest BCUT2D eigenvalue weighted by atomic mass is 10.2. The summed E-state index contributed by atoms with van der Waals surface area (Å²) in [6.07, 6.45) is -0.487. The van der Waals surface area contributed by atoms with Crippen LogP contribution in [-0.2, 0) is 4.79 Å². The van der Waals surface area contributed by atoms with Crippen molar-refractivity contribution >= 4 is 21.8 Å². The first-order valence-corrected chi connectivity index (χ1v) is 7.36. The zero-order valence-electron chi connectivity index (χ0n) is 12.2. The van der Waals surface area contributed by atoms with Crippen LogP contribution in [0.15, 0.2) is 28.7 Å². The standard InChI is InChI=1S/C15H22BrNO2/c1-10(2)17(11(3)4)15(18)12(5)19-14-8-6-7-13(16)9-14/h6-12H,1-5H3. The molecule has 1 amide bonds. The van der Waals surface area contributed by atoms with E-state index in [1.54, 1.807) is 6.92 Å². The minimum atomic E-state index is -0.487. The maximum atomic E-state index is 12.4. The van der Waals surface area contributed by atoms with Gasteiger partial charge in [0.2, 0.25) is 0 Å². The number of ether oxygens (including phenoxy) is 1. The molecule has 1 rings (SSSR count). The van der Waals surface area contributed by atoms with Gasteiger partial charge in [-0.25, -0.2) is 0 Å². The van der Waals surface area contributed by atoms with Gasteiger partial charge in [0.15, 0.2) is 6.10 Å². The van der Waals surface area contributed by atoms with Crippen molar-refractivity contribution in [1.29, 1.82) is 0 Å². The molecule has 1 aromatic carbocycles. The SMILES string of the molecule is CC(Oc1cccc(Br)c1)C(=O)N(C(C)C)C(C)C. The summed E-state index contributed by atoms with van der Waals surface area (Å²) in [7, 11) is 0. The van der Waals surface area contributed by atoms with Crippen molar-refractivity contribution in [3.8, 4) is 5.75 Å². The summed E-state index contributed by atoms with van der Waals surface area (Å²) in [4.78, 5) is 14.3. The summed E-state index contributed by atoms with van der Waals surface area (Å²) in [5.41, 5.74) is 0. The molecule has 1 atom stereocenters. The summed E-state index contributed by atoms with van der Waals surface area (Å²) in [6.45, 7) is 9.86. The number of hydrogen-bond acceptors (Lipinski definition) is 2. The van der Waals surface area contributed by atoms with Crippen molar-refractivity contribution in [1.82, 2.24) is 4.90 Å². The molecule has 0 aliphatic heterocycles. The van der Waals surface area contributed by atoms with Crippen LogP contribution < -0.4 is 4.74 Å². The summed E-state index contributed by atoms with van der Waals surface area (Å²) in [5, 5.41) is 0. The number of benzene rings is 1. The van der Waals surface area contributed by atoms with Gasteiger partial charge in [-0.3, -0.25) is 4.79 Å². The van der Waals surface area contributed by atoms with Crippen LogP contribution in [0.3, 0.4) is 0 Å². The molecule has 19 heavy (non-hydrogen) atoms. The minimum Gasteiger partial charge on any atom is -0.481 e. The Bertz CT molecular complexity index is 424. The molecule has 0 N–H and O–H groups in total. The maximum absolute atomic E-state index is 12.4. The normalized spacial score (nSPS) is 12.6. The van der Waals surface area contributed by atoms with E-state index in [1.165, 1.54) is 0 Å². The zero-order chi connectivity index (χ0) is 14.6. The lowest BCUT2D eigenvalue weighted by Crippen LogP contribution is -2.47. The van der Waals surface area contributed by atoms with E-state index in [0.29, 0.717) is 5.75 Å². The van der Waals surface area contributed by atoms with E-state index in [1.807, 2.05) is 56.9 Å². The van der Waals surface area contributed by atoms with Gasteiger partial charge in [-0.15, -0.1) is 0 Å². The average Bonchev–Trinajstić information content (AvgIpc) is 2.27. The van der Waals surface area contributed by atoms with Gasteiger partial charge in [-0.1, -0.05) is 22.0 Å². The van der Waals surface area contributed by atoms with Crippen LogP contribution in [0.4, 0.5) is 0 Å². The molecule has 4 heteroatoms. The Morgan fingerprint density at radius 2 is 1.74 bits per heavy atom. The molecule has 0 aromatic heterocycles. The molecule has 0 radical (unpaired) electrons. The van der Waals surface area contributed by atoms with Crippen molar-refractivity contribution in [2.24, 2.45) is 0 Å². The first kappa shape index (κ1) is 16.0. The lowest BCUT2D eigenvalue weighted by Gasteiger charge is -2.33. The Morgan fingerprint density at radius 3 is 2.21 bits per heavy atom. The Morgan fingerprint density at radius 1 is 1.16 bits per heavy atom. The van der Waals surface area contributed by atoms with Crippen molar-refractivity contribution in [2.75, 3.05) is 0 Å². The van der Waals surface area contributed by atoms with Crippen molar-refractivity contribution in [3.63, 3.8) is 0 Å². The average molecular weight is 328 g/mol. The van der Waals surface area contributed by atoms with Crippen LogP contribution in [0, 0.1) is 0 Å². The van der Waals surface area contributed by atoms with Gasteiger partial charge < -0.3 is 9.64 Å². The van der Waals surface area contributed by atoms with Gasteiger partial charge in [-0.2, -0.15) is 0 Å². The van der Waals surface area contributed by atoms with E-state index >= 15 is 0 Å². The molecule has 106 valence electrons. The third kappa shape index (κ3) is 4.53. The molecule has 3 nitrogen and oxygen atoms in total. The zero-order valence-corrected chi connectivity index (χ0v) is 13.8. The molecule has 0 bridgehead atoms. The summed E-state index contributed by atoms with van der Waals surface area (Å²) < 4.78 is 6.66. The Hall–Kier alpha value is -1.03. The second-order valence-corrected chi connectivity index (χ2v) is 6.07. The highest BCUT2D eigenvalue weighted by atomic mass is 79.9. The largest absolute Gasteiger partial charge is 0.481 e. The van der Waals surface area contributed by atoms with Crippen LogP contribution in [0.5, 0.6) is 5.75 Å². The Balaban J connectivity index is 2.76. The lowest BCUT2D eigenvalue weighted by molar-refractivity contribution is -0.141. The van der Waals surface area contributed by atoms with Crippen LogP contribution in [0.1, 0.15) is 34.6 Å². The van der Waals surface area contributed by atoms with Gasteiger partial charge in [0.25, 0.3) is 5.91 Å². The third-order valence-corrected chi connectivity index (χ3v) is 3.32. The summed E-state index contributed by atoms with van der Waals surface area (Å²) in [6, 6.07) is 7.86. The number of rotatable bonds is 5. The van der Waals surface area contributed by atoms with Gasteiger partial charge >= 0.3 is 0 Å². The van der Waals surface area contributed by atoms with Crippen LogP contribution in [0.2, 0.25) is 0 Å². The molecular formula is C15H22BrNO2. The molecule has 0 saturated heterocycles. The molecule has 0 aliphatic rings. The number of halogens is 1. The quantitative estimate of drug-likeness (QED) is 0.821. The van der Waals surface area contributed by atoms with E-state index < -0.39 is 6.10 Å². The van der Waals surface area contributed by atoms with E-state index in [4.69, 9.17) is 4.74 Å². The van der Waals surface area contributed by atoms with Crippen molar-refractivity contribution < 1.29 is 9.53 Å². The van der Waals surface area contributed by atoms with E-state index in [-0.39, 0.29) is 18.0 Å².